The molecule has 1 aromatic rings. The second-order valence-electron chi connectivity index (χ2n) is 5.74. The first-order valence-corrected chi connectivity index (χ1v) is 9.40. The smallest absolute Gasteiger partial charge is 0.233 e. The Labute approximate surface area is 124 Å². The molecule has 0 unspecified atom stereocenters. The summed E-state index contributed by atoms with van der Waals surface area (Å²) < 4.78 is 30.5. The number of rotatable bonds is 5. The summed E-state index contributed by atoms with van der Waals surface area (Å²) in [4.78, 5) is 0. The molecular formula is C13H21ClN2O3S. The number of nitrogens with zero attached hydrogens (tertiary/aromatic N) is 2. The fourth-order valence-electron chi connectivity index (χ4n) is 2.88. The van der Waals surface area contributed by atoms with Gasteiger partial charge >= 0.3 is 0 Å². The topological polar surface area (TPSA) is 61.2 Å². The summed E-state index contributed by atoms with van der Waals surface area (Å²) in [6.45, 7) is 0.380. The molecule has 1 heterocycles. The molecule has 0 bridgehead atoms. The van der Waals surface area contributed by atoms with E-state index in [1.54, 1.807) is 17.1 Å². The van der Waals surface area contributed by atoms with Gasteiger partial charge in [0.1, 0.15) is 0 Å². The molecule has 1 saturated carbocycles. The van der Waals surface area contributed by atoms with Crippen molar-refractivity contribution >= 4 is 19.7 Å². The molecule has 0 spiro atoms. The normalized spacial score (nSPS) is 19.5. The molecule has 1 aliphatic carbocycles. The monoisotopic (exact) mass is 320 g/mol. The van der Waals surface area contributed by atoms with Crippen LogP contribution in [-0.4, -0.2) is 30.6 Å². The van der Waals surface area contributed by atoms with Gasteiger partial charge in [-0.15, -0.1) is 0 Å². The summed E-state index contributed by atoms with van der Waals surface area (Å²) in [5, 5.41) is 4.04. The van der Waals surface area contributed by atoms with Crippen molar-refractivity contribution in [3.8, 4) is 5.75 Å². The van der Waals surface area contributed by atoms with E-state index in [1.165, 1.54) is 0 Å². The summed E-state index contributed by atoms with van der Waals surface area (Å²) in [6.07, 6.45) is 9.47. The summed E-state index contributed by atoms with van der Waals surface area (Å²) in [5.74, 6) is 0.657. The van der Waals surface area contributed by atoms with Gasteiger partial charge in [0.2, 0.25) is 9.05 Å². The van der Waals surface area contributed by atoms with Crippen LogP contribution in [0.3, 0.4) is 0 Å². The van der Waals surface area contributed by atoms with E-state index in [0.717, 1.165) is 38.5 Å². The van der Waals surface area contributed by atoms with Gasteiger partial charge in [0.15, 0.2) is 5.75 Å². The third-order valence-electron chi connectivity index (χ3n) is 3.87. The summed E-state index contributed by atoms with van der Waals surface area (Å²) >= 11 is 0. The molecule has 0 aliphatic heterocycles. The van der Waals surface area contributed by atoms with Gasteiger partial charge in [0.05, 0.1) is 24.8 Å². The molecule has 7 heteroatoms. The van der Waals surface area contributed by atoms with Crippen LogP contribution >= 0.6 is 10.7 Å². The number of aromatic nitrogens is 2. The fourth-order valence-corrected chi connectivity index (χ4v) is 4.68. The van der Waals surface area contributed by atoms with Crippen molar-refractivity contribution in [3.05, 3.63) is 12.4 Å². The van der Waals surface area contributed by atoms with Crippen LogP contribution in [0.1, 0.15) is 38.5 Å². The number of halogens is 1. The minimum atomic E-state index is -3.53. The highest BCUT2D eigenvalue weighted by Crippen LogP contribution is 2.37. The second-order valence-corrected chi connectivity index (χ2v) is 8.51. The van der Waals surface area contributed by atoms with Gasteiger partial charge in [-0.1, -0.05) is 25.7 Å². The van der Waals surface area contributed by atoms with Crippen LogP contribution in [0.4, 0.5) is 0 Å². The average molecular weight is 321 g/mol. The van der Waals surface area contributed by atoms with Crippen LogP contribution in [0.5, 0.6) is 5.75 Å². The van der Waals surface area contributed by atoms with E-state index in [-0.39, 0.29) is 11.2 Å². The Kier molecular flexibility index (Phi) is 4.96. The van der Waals surface area contributed by atoms with Gasteiger partial charge in [-0.3, -0.25) is 4.68 Å². The van der Waals surface area contributed by atoms with Gasteiger partial charge in [0, 0.05) is 23.1 Å². The van der Waals surface area contributed by atoms with Crippen LogP contribution in [0.15, 0.2) is 12.4 Å². The molecule has 1 aliphatic rings. The van der Waals surface area contributed by atoms with Gasteiger partial charge in [-0.2, -0.15) is 5.10 Å². The van der Waals surface area contributed by atoms with Crippen molar-refractivity contribution < 1.29 is 13.2 Å². The van der Waals surface area contributed by atoms with Gasteiger partial charge in [0.25, 0.3) is 0 Å². The van der Waals surface area contributed by atoms with Crippen molar-refractivity contribution in [2.75, 3.05) is 12.4 Å². The predicted octanol–water partition coefficient (Wildman–Crippen LogP) is 2.71. The van der Waals surface area contributed by atoms with E-state index < -0.39 is 9.05 Å². The highest BCUT2D eigenvalue weighted by molar-refractivity contribution is 8.13. The number of ether oxygens (including phenoxy) is 1. The Morgan fingerprint density at radius 2 is 2.00 bits per heavy atom. The molecular weight excluding hydrogens is 300 g/mol. The van der Waals surface area contributed by atoms with E-state index in [1.807, 2.05) is 7.05 Å². The summed E-state index contributed by atoms with van der Waals surface area (Å²) in [7, 11) is 3.79. The fraction of sp³-hybridized carbons (Fsp3) is 0.769. The first-order chi connectivity index (χ1) is 9.39. The van der Waals surface area contributed by atoms with Gasteiger partial charge < -0.3 is 4.74 Å². The lowest BCUT2D eigenvalue weighted by Gasteiger charge is -2.31. The van der Waals surface area contributed by atoms with Crippen LogP contribution in [0.25, 0.3) is 0 Å². The standard InChI is InChI=1S/C13H21ClN2O3S/c1-16-9-12(8-15-16)19-10-13(11-20(14,17)18)6-4-2-3-5-7-13/h8-9H,2-7,10-11H2,1H3. The van der Waals surface area contributed by atoms with Crippen LogP contribution in [-0.2, 0) is 16.1 Å². The first kappa shape index (κ1) is 15.6. The predicted molar refractivity (Wildman–Crippen MR) is 78.5 cm³/mol. The van der Waals surface area contributed by atoms with Crippen molar-refractivity contribution in [2.45, 2.75) is 38.5 Å². The number of hydrogen-bond donors (Lipinski definition) is 0. The average Bonchev–Trinajstić information content (AvgIpc) is 2.62. The van der Waals surface area contributed by atoms with E-state index in [0.29, 0.717) is 12.4 Å². The van der Waals surface area contributed by atoms with Crippen molar-refractivity contribution in [2.24, 2.45) is 12.5 Å². The zero-order valence-electron chi connectivity index (χ0n) is 11.7. The Balaban J connectivity index is 2.08. The molecule has 1 aromatic heterocycles. The SMILES string of the molecule is Cn1cc(OCC2(CS(=O)(=O)Cl)CCCCCC2)cn1. The lowest BCUT2D eigenvalue weighted by atomic mass is 9.83. The molecule has 0 N–H and O–H groups in total. The third kappa shape index (κ3) is 4.66. The maximum absolute atomic E-state index is 11.5. The Morgan fingerprint density at radius 3 is 2.50 bits per heavy atom. The van der Waals surface area contributed by atoms with Crippen LogP contribution in [0.2, 0.25) is 0 Å². The van der Waals surface area contributed by atoms with E-state index in [4.69, 9.17) is 15.4 Å². The second kappa shape index (κ2) is 6.35. The molecule has 0 aromatic carbocycles. The maximum atomic E-state index is 11.5. The molecule has 1 fully saturated rings. The van der Waals surface area contributed by atoms with Gasteiger partial charge in [-0.05, 0) is 12.8 Å². The number of aryl methyl sites for hydroxylation is 1. The Hall–Kier alpha value is -0.750. The zero-order chi connectivity index (χ0) is 14.6. The van der Waals surface area contributed by atoms with E-state index in [2.05, 4.69) is 5.10 Å². The molecule has 0 saturated heterocycles. The van der Waals surface area contributed by atoms with E-state index in [9.17, 15) is 8.42 Å². The molecule has 0 atom stereocenters. The largest absolute Gasteiger partial charge is 0.490 e. The van der Waals surface area contributed by atoms with Crippen LogP contribution in [0, 0.1) is 5.41 Å². The van der Waals surface area contributed by atoms with Crippen molar-refractivity contribution in [1.29, 1.82) is 0 Å². The highest BCUT2D eigenvalue weighted by Gasteiger charge is 2.36. The van der Waals surface area contributed by atoms with Gasteiger partial charge in [-0.25, -0.2) is 8.42 Å². The summed E-state index contributed by atoms with van der Waals surface area (Å²) in [6, 6.07) is 0. The minimum Gasteiger partial charge on any atom is -0.490 e. The molecule has 5 nitrogen and oxygen atoms in total. The Morgan fingerprint density at radius 1 is 1.35 bits per heavy atom. The molecule has 2 rings (SSSR count). The molecule has 0 radical (unpaired) electrons. The van der Waals surface area contributed by atoms with E-state index >= 15 is 0 Å². The first-order valence-electron chi connectivity index (χ1n) is 6.92. The lowest BCUT2D eigenvalue weighted by Crippen LogP contribution is -2.34. The highest BCUT2D eigenvalue weighted by atomic mass is 35.7. The zero-order valence-corrected chi connectivity index (χ0v) is 13.3. The quantitative estimate of drug-likeness (QED) is 0.618. The van der Waals surface area contributed by atoms with Crippen molar-refractivity contribution in [1.82, 2.24) is 9.78 Å². The lowest BCUT2D eigenvalue weighted by molar-refractivity contribution is 0.146. The molecule has 0 amide bonds. The maximum Gasteiger partial charge on any atom is 0.233 e. The summed E-state index contributed by atoms with van der Waals surface area (Å²) in [5.41, 5.74) is -0.368. The molecule has 114 valence electrons. The third-order valence-corrected chi connectivity index (χ3v) is 5.15. The minimum absolute atomic E-state index is 0.0121. The molecule has 20 heavy (non-hydrogen) atoms. The van der Waals surface area contributed by atoms with Crippen LogP contribution < -0.4 is 4.74 Å². The van der Waals surface area contributed by atoms with Crippen molar-refractivity contribution in [3.63, 3.8) is 0 Å². The number of hydrogen-bond acceptors (Lipinski definition) is 4. The Bertz CT molecular complexity index is 534.